The van der Waals surface area contributed by atoms with Crippen LogP contribution < -0.4 is 10.5 Å². The van der Waals surface area contributed by atoms with E-state index in [1.807, 2.05) is 52.0 Å². The van der Waals surface area contributed by atoms with E-state index in [1.165, 1.54) is 4.90 Å². The molecule has 4 N–H and O–H groups in total. The van der Waals surface area contributed by atoms with Crippen LogP contribution in [0.1, 0.15) is 124 Å². The van der Waals surface area contributed by atoms with Gasteiger partial charge in [0.25, 0.3) is 11.7 Å². The van der Waals surface area contributed by atoms with Crippen LogP contribution in [0.3, 0.4) is 0 Å². The fourth-order valence-electron chi connectivity index (χ4n) is 10.2. The molecule has 13 atom stereocenters. The average Bonchev–Trinajstić information content (AvgIpc) is 3.26. The van der Waals surface area contributed by atoms with Gasteiger partial charge < -0.3 is 44.5 Å². The highest BCUT2D eigenvalue weighted by Crippen LogP contribution is 2.39. The van der Waals surface area contributed by atoms with Crippen molar-refractivity contribution in [3.05, 3.63) is 53.1 Å². The van der Waals surface area contributed by atoms with Crippen molar-refractivity contribution in [2.24, 2.45) is 35.3 Å². The lowest BCUT2D eigenvalue weighted by molar-refractivity contribution is -0.302. The number of fused-ring (bicyclic) bond motifs is 3. The Morgan fingerprint density at radius 1 is 0.952 bits per heavy atom. The number of ketones is 2. The molecule has 1 saturated carbocycles. The first-order valence-electron chi connectivity index (χ1n) is 23.0. The number of aliphatic hydroxyl groups is 2. The number of nitrogens with zero attached hydrogens (tertiary/aromatic N) is 1. The van der Waals surface area contributed by atoms with Crippen LogP contribution in [0.15, 0.2) is 47.6 Å². The van der Waals surface area contributed by atoms with Crippen LogP contribution in [0.5, 0.6) is 5.75 Å². The molecule has 1 aromatic carbocycles. The highest BCUT2D eigenvalue weighted by atomic mass is 16.7. The predicted molar refractivity (Wildman–Crippen MR) is 235 cm³/mol. The molecule has 3 heterocycles. The van der Waals surface area contributed by atoms with Gasteiger partial charge in [-0.15, -0.1) is 0 Å². The summed E-state index contributed by atoms with van der Waals surface area (Å²) in [6, 6.07) is 6.08. The number of hydrogen-bond acceptors (Lipinski definition) is 12. The summed E-state index contributed by atoms with van der Waals surface area (Å²) in [5, 5.41) is 21.6. The Balaban J connectivity index is 1.47. The number of carbonyl (C=O) groups excluding carboxylic acids is 4. The first-order chi connectivity index (χ1) is 29.5. The molecule has 4 aliphatic rings. The summed E-state index contributed by atoms with van der Waals surface area (Å²) in [7, 11) is 3.10. The molecule has 346 valence electrons. The molecule has 1 amide bonds. The van der Waals surface area contributed by atoms with Crippen molar-refractivity contribution in [1.82, 2.24) is 4.90 Å². The van der Waals surface area contributed by atoms with E-state index < -0.39 is 59.8 Å². The third kappa shape index (κ3) is 12.0. The Bertz CT molecular complexity index is 1750. The number of piperidine rings is 1. The van der Waals surface area contributed by atoms with Crippen molar-refractivity contribution in [2.75, 3.05) is 20.8 Å². The number of ether oxygens (including phenoxy) is 5. The van der Waals surface area contributed by atoms with Gasteiger partial charge in [0.15, 0.2) is 0 Å². The maximum Gasteiger partial charge on any atom is 0.329 e. The van der Waals surface area contributed by atoms with Gasteiger partial charge in [-0.1, -0.05) is 57.6 Å². The molecule has 13 heteroatoms. The SMILES string of the molecule is CCC1C=C(C)CC(C)CC(OC)C2OC(O)(C(=O)C(=O)N3CCCCC3C(=O)OC(C(C)=CC3CCC(N)C(Oc4ccc(CO)cc4)C3)C(C)CCC1=O)C(C)CC2OC. The molecule has 1 aromatic rings. The van der Waals surface area contributed by atoms with E-state index in [0.717, 1.165) is 29.6 Å². The lowest BCUT2D eigenvalue weighted by Gasteiger charge is -2.47. The van der Waals surface area contributed by atoms with E-state index in [0.29, 0.717) is 57.1 Å². The molecule has 3 fully saturated rings. The van der Waals surface area contributed by atoms with Crippen LogP contribution in [0, 0.1) is 29.6 Å². The maximum atomic E-state index is 14.5. The lowest BCUT2D eigenvalue weighted by Crippen LogP contribution is -2.64. The Labute approximate surface area is 369 Å². The number of Topliss-reactive ketones (excluding diaryl/α,β-unsaturated/α-hetero) is 2. The highest BCUT2D eigenvalue weighted by molar-refractivity contribution is 6.39. The number of aliphatic hydroxyl groups excluding tert-OH is 1. The maximum absolute atomic E-state index is 14.5. The molecule has 0 spiro atoms. The van der Waals surface area contributed by atoms with Crippen molar-refractivity contribution in [3.63, 3.8) is 0 Å². The van der Waals surface area contributed by atoms with Crippen LogP contribution in [-0.2, 0) is 44.7 Å². The number of hydrogen-bond donors (Lipinski definition) is 3. The molecule has 2 saturated heterocycles. The van der Waals surface area contributed by atoms with Gasteiger partial charge in [-0.2, -0.15) is 0 Å². The fraction of sp³-hybridized carbons (Fsp3) is 0.714. The minimum atomic E-state index is -2.48. The largest absolute Gasteiger partial charge is 0.489 e. The van der Waals surface area contributed by atoms with Gasteiger partial charge in [0.1, 0.15) is 35.9 Å². The zero-order valence-corrected chi connectivity index (χ0v) is 38.4. The summed E-state index contributed by atoms with van der Waals surface area (Å²) >= 11 is 0. The number of allylic oxidation sites excluding steroid dienone is 3. The van der Waals surface area contributed by atoms with E-state index in [4.69, 9.17) is 29.4 Å². The third-order valence-corrected chi connectivity index (χ3v) is 13.9. The molecule has 1 aliphatic carbocycles. The summed E-state index contributed by atoms with van der Waals surface area (Å²) < 4.78 is 30.9. The molecule has 62 heavy (non-hydrogen) atoms. The van der Waals surface area contributed by atoms with Gasteiger partial charge in [0.2, 0.25) is 5.79 Å². The number of amides is 1. The van der Waals surface area contributed by atoms with E-state index in [1.54, 1.807) is 21.1 Å². The first-order valence-corrected chi connectivity index (χ1v) is 23.0. The van der Waals surface area contributed by atoms with Crippen LogP contribution in [0.4, 0.5) is 0 Å². The Kier molecular flexibility index (Phi) is 17.9. The summed E-state index contributed by atoms with van der Waals surface area (Å²) in [4.78, 5) is 58.2. The van der Waals surface area contributed by atoms with Gasteiger partial charge in [-0.25, -0.2) is 4.79 Å². The molecular weight excluding hydrogens is 793 g/mol. The minimum absolute atomic E-state index is 0.0561. The molecule has 0 aromatic heterocycles. The van der Waals surface area contributed by atoms with Crippen LogP contribution in [0.25, 0.3) is 0 Å². The van der Waals surface area contributed by atoms with Crippen molar-refractivity contribution in [3.8, 4) is 5.75 Å². The van der Waals surface area contributed by atoms with Gasteiger partial charge in [0.05, 0.1) is 18.8 Å². The average molecular weight is 867 g/mol. The summed E-state index contributed by atoms with van der Waals surface area (Å²) in [5.74, 6) is -5.62. The van der Waals surface area contributed by atoms with Crippen molar-refractivity contribution in [2.45, 2.75) is 174 Å². The van der Waals surface area contributed by atoms with E-state index in [2.05, 4.69) is 19.1 Å². The van der Waals surface area contributed by atoms with Crippen molar-refractivity contribution >= 4 is 23.4 Å². The Morgan fingerprint density at radius 2 is 1.65 bits per heavy atom. The van der Waals surface area contributed by atoms with E-state index >= 15 is 0 Å². The Morgan fingerprint density at radius 3 is 2.31 bits per heavy atom. The number of methoxy groups -OCH3 is 2. The lowest BCUT2D eigenvalue weighted by atomic mass is 9.81. The van der Waals surface area contributed by atoms with Gasteiger partial charge in [-0.3, -0.25) is 14.4 Å². The van der Waals surface area contributed by atoms with E-state index in [9.17, 15) is 29.4 Å². The topological polar surface area (TPSA) is 184 Å². The van der Waals surface area contributed by atoms with Crippen molar-refractivity contribution in [1.29, 1.82) is 0 Å². The normalized spacial score (nSPS) is 36.5. The van der Waals surface area contributed by atoms with E-state index in [-0.39, 0.29) is 67.6 Å². The summed E-state index contributed by atoms with van der Waals surface area (Å²) in [6.07, 6.45) is 7.79. The zero-order valence-electron chi connectivity index (χ0n) is 38.4. The third-order valence-electron chi connectivity index (χ3n) is 13.9. The Hall–Kier alpha value is -3.46. The van der Waals surface area contributed by atoms with Crippen LogP contribution in [0.2, 0.25) is 0 Å². The summed E-state index contributed by atoms with van der Waals surface area (Å²) in [5.41, 5.74) is 9.26. The zero-order chi connectivity index (χ0) is 45.3. The minimum Gasteiger partial charge on any atom is -0.489 e. The first kappa shape index (κ1) is 49.6. The number of benzene rings is 1. The smallest absolute Gasteiger partial charge is 0.329 e. The van der Waals surface area contributed by atoms with Crippen molar-refractivity contribution < 1.29 is 53.1 Å². The monoisotopic (exact) mass is 867 g/mol. The number of rotatable bonds is 8. The second-order valence-electron chi connectivity index (χ2n) is 18.8. The quantitative estimate of drug-likeness (QED) is 0.149. The fourth-order valence-corrected chi connectivity index (χ4v) is 10.2. The van der Waals surface area contributed by atoms with Crippen LogP contribution >= 0.6 is 0 Å². The molecule has 5 rings (SSSR count). The number of carbonyl (C=O) groups is 4. The second kappa shape index (κ2) is 22.4. The predicted octanol–water partition coefficient (Wildman–Crippen LogP) is 6.39. The molecular formula is C49H74N2O11. The molecule has 13 unspecified atom stereocenters. The molecule has 3 aliphatic heterocycles. The second-order valence-corrected chi connectivity index (χ2v) is 18.8. The van der Waals surface area contributed by atoms with Gasteiger partial charge >= 0.3 is 5.97 Å². The molecule has 2 bridgehead atoms. The van der Waals surface area contributed by atoms with Crippen LogP contribution in [-0.4, -0.2) is 108 Å². The highest BCUT2D eigenvalue weighted by Gasteiger charge is 2.56. The number of nitrogens with two attached hydrogens (primary N) is 1. The summed E-state index contributed by atoms with van der Waals surface area (Å²) in [6.45, 7) is 11.8. The molecule has 0 radical (unpaired) electrons. The number of cyclic esters (lactones) is 1. The standard InChI is InChI=1S/C49H74N2O11/c1-9-36-23-29(2)22-30(3)24-42(58-7)45-43(59-8)26-33(6)49(57,62-45)46(54)47(55)51-21-11-10-12-39(51)48(56)61-44(31(4)13-20-40(36)53)32(5)25-35-16-19-38(50)41(27-35)60-37-17-14-34(28-52)15-18-37/h14-15,17-18,23,25,30-31,33,35-36,38-39,41-45,52,57H,9-13,16,19-22,24,26-28,50H2,1-8H3. The number of esters is 1. The van der Waals surface area contributed by atoms with Gasteiger partial charge in [-0.05, 0) is 125 Å². The van der Waals surface area contributed by atoms with Gasteiger partial charge in [0, 0.05) is 45.1 Å². The molecule has 13 nitrogen and oxygen atoms in total.